The van der Waals surface area contributed by atoms with E-state index in [0.717, 1.165) is 0 Å². The number of rotatable bonds is 2. The molecule has 2 aliphatic heterocycles. The molecule has 0 aliphatic carbocycles. The molecule has 2 aliphatic rings. The van der Waals surface area contributed by atoms with Gasteiger partial charge in [-0.3, -0.25) is 14.3 Å². The molecule has 3 heterocycles. The maximum Gasteiger partial charge on any atom is 0.330 e. The molecular weight excluding hydrogens is 254 g/mol. The molecule has 0 amide bonds. The number of aliphatic hydroxyl groups excluding tert-OH is 1. The quantitative estimate of drug-likeness (QED) is 0.562. The van der Waals surface area contributed by atoms with Gasteiger partial charge in [-0.1, -0.05) is 0 Å². The summed E-state index contributed by atoms with van der Waals surface area (Å²) in [5, 5.41) is 10.1. The summed E-state index contributed by atoms with van der Waals surface area (Å²) >= 11 is 0. The van der Waals surface area contributed by atoms with Crippen LogP contribution in [-0.2, 0) is 9.47 Å². The van der Waals surface area contributed by atoms with Gasteiger partial charge in [-0.15, -0.1) is 0 Å². The van der Waals surface area contributed by atoms with Crippen molar-refractivity contribution in [2.24, 2.45) is 5.73 Å². The van der Waals surface area contributed by atoms with E-state index >= 15 is 0 Å². The second kappa shape index (κ2) is 4.01. The number of fused-ring (bicyclic) bond motifs is 2. The lowest BCUT2D eigenvalue weighted by Crippen LogP contribution is -2.47. The van der Waals surface area contributed by atoms with Crippen molar-refractivity contribution in [3.63, 3.8) is 0 Å². The number of aromatic nitrogens is 2. The molecule has 19 heavy (non-hydrogen) atoms. The standard InChI is InChI=1S/C11H15N3O5/c1-5-2-14(10(17)13-8(5)16)9-6-7(15)11(3-12,19-9)4-18-6/h2,6-7,9,15H,3-4,12H2,1H3,(H,13,16,17)/t6?,7-,9-,11+/m1/s1. The highest BCUT2D eigenvalue weighted by Crippen LogP contribution is 2.43. The SMILES string of the molecule is Cc1cn([C@@H]2O[C@@]3(CN)COC2[C@H]3O)c(=O)[nH]c1=O. The number of aliphatic hydroxyl groups is 1. The Bertz CT molecular complexity index is 623. The average molecular weight is 269 g/mol. The monoisotopic (exact) mass is 269 g/mol. The summed E-state index contributed by atoms with van der Waals surface area (Å²) in [7, 11) is 0. The van der Waals surface area contributed by atoms with E-state index in [-0.39, 0.29) is 13.2 Å². The number of nitrogens with two attached hydrogens (primary N) is 1. The highest BCUT2D eigenvalue weighted by atomic mass is 16.6. The predicted octanol–water partition coefficient (Wildman–Crippen LogP) is -2.17. The van der Waals surface area contributed by atoms with Gasteiger partial charge >= 0.3 is 5.69 Å². The molecule has 104 valence electrons. The first kappa shape index (κ1) is 12.5. The molecular formula is C11H15N3O5. The largest absolute Gasteiger partial charge is 0.387 e. The molecule has 0 spiro atoms. The molecule has 8 heteroatoms. The number of ether oxygens (including phenoxy) is 2. The van der Waals surface area contributed by atoms with Crippen LogP contribution in [0.4, 0.5) is 0 Å². The fourth-order valence-corrected chi connectivity index (χ4v) is 2.58. The fraction of sp³-hybridized carbons (Fsp3) is 0.636. The van der Waals surface area contributed by atoms with Crippen molar-refractivity contribution in [1.29, 1.82) is 0 Å². The molecule has 2 bridgehead atoms. The molecule has 3 rings (SSSR count). The van der Waals surface area contributed by atoms with E-state index in [9.17, 15) is 14.7 Å². The highest BCUT2D eigenvalue weighted by Gasteiger charge is 2.61. The third kappa shape index (κ3) is 1.61. The summed E-state index contributed by atoms with van der Waals surface area (Å²) in [5.74, 6) is 0. The normalized spacial score (nSPS) is 36.9. The number of aryl methyl sites for hydroxylation is 1. The van der Waals surface area contributed by atoms with Crippen LogP contribution < -0.4 is 17.0 Å². The molecule has 0 aromatic carbocycles. The van der Waals surface area contributed by atoms with Gasteiger partial charge in [-0.2, -0.15) is 0 Å². The zero-order valence-corrected chi connectivity index (χ0v) is 10.3. The summed E-state index contributed by atoms with van der Waals surface area (Å²) < 4.78 is 12.4. The Kier molecular flexibility index (Phi) is 2.65. The molecule has 1 aromatic heterocycles. The van der Waals surface area contributed by atoms with Crippen LogP contribution in [0.3, 0.4) is 0 Å². The van der Waals surface area contributed by atoms with Crippen LogP contribution >= 0.6 is 0 Å². The summed E-state index contributed by atoms with van der Waals surface area (Å²) in [6.45, 7) is 1.87. The summed E-state index contributed by atoms with van der Waals surface area (Å²) in [6.07, 6.45) is -0.934. The van der Waals surface area contributed by atoms with Gasteiger partial charge in [-0.05, 0) is 6.92 Å². The molecule has 2 saturated heterocycles. The Balaban J connectivity index is 2.04. The molecule has 4 N–H and O–H groups in total. The van der Waals surface area contributed by atoms with Gasteiger partial charge in [-0.25, -0.2) is 4.79 Å². The smallest absolute Gasteiger partial charge is 0.330 e. The molecule has 0 saturated carbocycles. The third-order valence-corrected chi connectivity index (χ3v) is 3.77. The van der Waals surface area contributed by atoms with Crippen LogP contribution in [-0.4, -0.2) is 45.6 Å². The third-order valence-electron chi connectivity index (χ3n) is 3.77. The van der Waals surface area contributed by atoms with Gasteiger partial charge in [0.25, 0.3) is 5.56 Å². The van der Waals surface area contributed by atoms with E-state index in [1.54, 1.807) is 6.92 Å². The lowest BCUT2D eigenvalue weighted by atomic mass is 10.00. The Morgan fingerprint density at radius 2 is 2.37 bits per heavy atom. The van der Waals surface area contributed by atoms with E-state index in [2.05, 4.69) is 4.98 Å². The molecule has 0 radical (unpaired) electrons. The van der Waals surface area contributed by atoms with Crippen LogP contribution in [0.15, 0.2) is 15.8 Å². The van der Waals surface area contributed by atoms with E-state index in [4.69, 9.17) is 15.2 Å². The fourth-order valence-electron chi connectivity index (χ4n) is 2.58. The number of hydrogen-bond donors (Lipinski definition) is 3. The van der Waals surface area contributed by atoms with Crippen LogP contribution in [0.5, 0.6) is 0 Å². The Morgan fingerprint density at radius 1 is 1.63 bits per heavy atom. The van der Waals surface area contributed by atoms with Crippen molar-refractivity contribution in [2.75, 3.05) is 13.2 Å². The Labute approximate surface area is 107 Å². The molecule has 1 aromatic rings. The van der Waals surface area contributed by atoms with Crippen molar-refractivity contribution in [3.05, 3.63) is 32.6 Å². The zero-order chi connectivity index (χ0) is 13.8. The first-order chi connectivity index (χ1) is 8.98. The lowest BCUT2D eigenvalue weighted by Gasteiger charge is -2.30. The number of H-pyrrole nitrogens is 1. The van der Waals surface area contributed by atoms with Gasteiger partial charge in [0.2, 0.25) is 0 Å². The lowest BCUT2D eigenvalue weighted by molar-refractivity contribution is -0.170. The minimum atomic E-state index is -0.973. The number of nitrogens with zero attached hydrogens (tertiary/aromatic N) is 1. The number of nitrogens with one attached hydrogen (secondary N) is 1. The van der Waals surface area contributed by atoms with Crippen molar-refractivity contribution in [3.8, 4) is 0 Å². The van der Waals surface area contributed by atoms with Gasteiger partial charge in [0, 0.05) is 18.3 Å². The highest BCUT2D eigenvalue weighted by molar-refractivity contribution is 5.09. The minimum absolute atomic E-state index is 0.0955. The van der Waals surface area contributed by atoms with Crippen LogP contribution in [0.25, 0.3) is 0 Å². The molecule has 1 unspecified atom stereocenters. The van der Waals surface area contributed by atoms with Crippen LogP contribution in [0.2, 0.25) is 0 Å². The number of aromatic amines is 1. The van der Waals surface area contributed by atoms with E-state index in [1.165, 1.54) is 10.8 Å². The average Bonchev–Trinajstić information content (AvgIpc) is 2.85. The van der Waals surface area contributed by atoms with E-state index < -0.39 is 35.3 Å². The van der Waals surface area contributed by atoms with Gasteiger partial charge in [0.1, 0.15) is 17.8 Å². The van der Waals surface area contributed by atoms with Crippen LogP contribution in [0.1, 0.15) is 11.8 Å². The Hall–Kier alpha value is -1.48. The van der Waals surface area contributed by atoms with Gasteiger partial charge < -0.3 is 20.3 Å². The summed E-state index contributed by atoms with van der Waals surface area (Å²) in [4.78, 5) is 25.3. The second-order valence-electron chi connectivity index (χ2n) is 4.98. The molecule has 2 fully saturated rings. The van der Waals surface area contributed by atoms with Crippen molar-refractivity contribution >= 4 is 0 Å². The molecule has 8 nitrogen and oxygen atoms in total. The topological polar surface area (TPSA) is 120 Å². The maximum atomic E-state index is 11.8. The minimum Gasteiger partial charge on any atom is -0.387 e. The summed E-state index contributed by atoms with van der Waals surface area (Å²) in [5.41, 5.74) is 3.98. The summed E-state index contributed by atoms with van der Waals surface area (Å²) in [6, 6.07) is 0. The van der Waals surface area contributed by atoms with Crippen molar-refractivity contribution in [2.45, 2.75) is 31.0 Å². The predicted molar refractivity (Wildman–Crippen MR) is 63.7 cm³/mol. The Morgan fingerprint density at radius 3 is 3.00 bits per heavy atom. The van der Waals surface area contributed by atoms with E-state index in [1.807, 2.05) is 0 Å². The van der Waals surface area contributed by atoms with Gasteiger partial charge in [0.15, 0.2) is 6.23 Å². The first-order valence-electron chi connectivity index (χ1n) is 5.98. The number of hydrogen-bond acceptors (Lipinski definition) is 6. The van der Waals surface area contributed by atoms with E-state index in [0.29, 0.717) is 5.56 Å². The first-order valence-corrected chi connectivity index (χ1v) is 5.98. The maximum absolute atomic E-state index is 11.8. The van der Waals surface area contributed by atoms with Crippen molar-refractivity contribution in [1.82, 2.24) is 9.55 Å². The van der Waals surface area contributed by atoms with Crippen molar-refractivity contribution < 1.29 is 14.6 Å². The van der Waals surface area contributed by atoms with Gasteiger partial charge in [0.05, 0.1) is 6.61 Å². The zero-order valence-electron chi connectivity index (χ0n) is 10.3. The molecule has 4 atom stereocenters. The van der Waals surface area contributed by atoms with Crippen LogP contribution in [0, 0.1) is 6.92 Å². The second-order valence-corrected chi connectivity index (χ2v) is 4.98.